The zero-order valence-corrected chi connectivity index (χ0v) is 11.0. The summed E-state index contributed by atoms with van der Waals surface area (Å²) in [5, 5.41) is 3.08. The van der Waals surface area contributed by atoms with Gasteiger partial charge in [-0.2, -0.15) is 0 Å². The first-order valence-corrected chi connectivity index (χ1v) is 5.75. The lowest BCUT2D eigenvalue weighted by atomic mass is 10.1. The Bertz CT molecular complexity index is 202. The van der Waals surface area contributed by atoms with Gasteiger partial charge in [0.2, 0.25) is 5.91 Å². The number of nitrogens with zero attached hydrogens (tertiary/aromatic N) is 1. The van der Waals surface area contributed by atoms with Gasteiger partial charge in [-0.25, -0.2) is 0 Å². The minimum absolute atomic E-state index is 0. The normalized spacial score (nSPS) is 19.6. The number of hydrogen-bond donors (Lipinski definition) is 1. The molecule has 0 spiro atoms. The van der Waals surface area contributed by atoms with Crippen LogP contribution in [0, 0.1) is 5.92 Å². The van der Waals surface area contributed by atoms with E-state index in [1.54, 1.807) is 7.11 Å². The van der Waals surface area contributed by atoms with Gasteiger partial charge >= 0.3 is 0 Å². The van der Waals surface area contributed by atoms with E-state index in [9.17, 15) is 4.79 Å². The average molecular weight is 251 g/mol. The molecule has 1 aliphatic heterocycles. The first-order chi connectivity index (χ1) is 7.27. The Morgan fingerprint density at radius 1 is 1.56 bits per heavy atom. The zero-order chi connectivity index (χ0) is 11.1. The fourth-order valence-electron chi connectivity index (χ4n) is 1.87. The van der Waals surface area contributed by atoms with Gasteiger partial charge in [-0.15, -0.1) is 12.4 Å². The minimum atomic E-state index is 0. The van der Waals surface area contributed by atoms with E-state index in [0.717, 1.165) is 19.6 Å². The summed E-state index contributed by atoms with van der Waals surface area (Å²) >= 11 is 0. The molecule has 0 aromatic carbocycles. The third-order valence-electron chi connectivity index (χ3n) is 2.98. The van der Waals surface area contributed by atoms with Crippen molar-refractivity contribution in [3.8, 4) is 0 Å². The number of hydrogen-bond acceptors (Lipinski definition) is 3. The van der Waals surface area contributed by atoms with Crippen molar-refractivity contribution >= 4 is 18.3 Å². The van der Waals surface area contributed by atoms with Crippen molar-refractivity contribution in [3.63, 3.8) is 0 Å². The number of nitrogens with one attached hydrogen (secondary N) is 1. The second-order valence-electron chi connectivity index (χ2n) is 4.07. The Morgan fingerprint density at radius 2 is 2.31 bits per heavy atom. The Labute approximate surface area is 104 Å². The molecule has 1 aliphatic rings. The van der Waals surface area contributed by atoms with Gasteiger partial charge in [0.25, 0.3) is 0 Å². The fourth-order valence-corrected chi connectivity index (χ4v) is 1.87. The van der Waals surface area contributed by atoms with Crippen molar-refractivity contribution in [1.82, 2.24) is 10.2 Å². The maximum Gasteiger partial charge on any atom is 0.236 e. The molecule has 0 aromatic heterocycles. The highest BCUT2D eigenvalue weighted by atomic mass is 35.5. The van der Waals surface area contributed by atoms with Crippen molar-refractivity contribution in [1.29, 1.82) is 0 Å². The van der Waals surface area contributed by atoms with Crippen LogP contribution in [0.25, 0.3) is 0 Å². The van der Waals surface area contributed by atoms with Crippen molar-refractivity contribution in [3.05, 3.63) is 0 Å². The number of methoxy groups -OCH3 is 1. The maximum atomic E-state index is 11.7. The Hall–Kier alpha value is -0.320. The molecule has 16 heavy (non-hydrogen) atoms. The van der Waals surface area contributed by atoms with Crippen LogP contribution in [0.4, 0.5) is 0 Å². The van der Waals surface area contributed by atoms with Gasteiger partial charge in [0, 0.05) is 26.7 Å². The number of rotatable bonds is 6. The van der Waals surface area contributed by atoms with Gasteiger partial charge < -0.3 is 15.0 Å². The summed E-state index contributed by atoms with van der Waals surface area (Å²) in [7, 11) is 1.66. The van der Waals surface area contributed by atoms with E-state index in [1.807, 2.05) is 4.90 Å². The van der Waals surface area contributed by atoms with E-state index in [4.69, 9.17) is 4.74 Å². The summed E-state index contributed by atoms with van der Waals surface area (Å²) in [6.45, 7) is 5.91. The molecule has 1 heterocycles. The van der Waals surface area contributed by atoms with Gasteiger partial charge in [0.05, 0.1) is 13.2 Å². The minimum Gasteiger partial charge on any atom is -0.383 e. The predicted octanol–water partition coefficient (Wildman–Crippen LogP) is 0.903. The van der Waals surface area contributed by atoms with Crippen LogP contribution in [0.2, 0.25) is 0 Å². The van der Waals surface area contributed by atoms with Crippen molar-refractivity contribution in [2.75, 3.05) is 39.9 Å². The first kappa shape index (κ1) is 15.7. The van der Waals surface area contributed by atoms with Crippen LogP contribution in [-0.2, 0) is 9.53 Å². The van der Waals surface area contributed by atoms with Crippen molar-refractivity contribution in [2.24, 2.45) is 5.92 Å². The average Bonchev–Trinajstić information content (AvgIpc) is 2.72. The van der Waals surface area contributed by atoms with E-state index < -0.39 is 0 Å². The molecule has 1 saturated heterocycles. The van der Waals surface area contributed by atoms with Crippen LogP contribution < -0.4 is 5.32 Å². The van der Waals surface area contributed by atoms with Crippen molar-refractivity contribution < 1.29 is 9.53 Å². The maximum absolute atomic E-state index is 11.7. The molecule has 0 aromatic rings. The molecule has 1 N–H and O–H groups in total. The lowest BCUT2D eigenvalue weighted by Gasteiger charge is -2.16. The number of carbonyl (C=O) groups is 1. The second kappa shape index (κ2) is 8.79. The second-order valence-corrected chi connectivity index (χ2v) is 4.07. The molecular formula is C11H23ClN2O2. The third-order valence-corrected chi connectivity index (χ3v) is 2.98. The third kappa shape index (κ3) is 5.14. The SMILES string of the molecule is CCC1CCN(C(=O)CNCCOC)C1.Cl. The highest BCUT2D eigenvalue weighted by Crippen LogP contribution is 2.18. The fraction of sp³-hybridized carbons (Fsp3) is 0.909. The van der Waals surface area contributed by atoms with Gasteiger partial charge in [-0.1, -0.05) is 13.3 Å². The predicted molar refractivity (Wildman–Crippen MR) is 67.0 cm³/mol. The van der Waals surface area contributed by atoms with Crippen LogP contribution in [0.3, 0.4) is 0 Å². The molecule has 96 valence electrons. The van der Waals surface area contributed by atoms with Crippen molar-refractivity contribution in [2.45, 2.75) is 19.8 Å². The smallest absolute Gasteiger partial charge is 0.236 e. The van der Waals surface area contributed by atoms with E-state index in [-0.39, 0.29) is 18.3 Å². The first-order valence-electron chi connectivity index (χ1n) is 5.75. The standard InChI is InChI=1S/C11H22N2O2.ClH/c1-3-10-4-6-13(9-10)11(14)8-12-5-7-15-2;/h10,12H,3-9H2,1-2H3;1H. The van der Waals surface area contributed by atoms with E-state index >= 15 is 0 Å². The van der Waals surface area contributed by atoms with E-state index in [1.165, 1.54) is 12.8 Å². The molecule has 1 amide bonds. The molecule has 4 nitrogen and oxygen atoms in total. The summed E-state index contributed by atoms with van der Waals surface area (Å²) < 4.78 is 4.90. The molecule has 1 rings (SSSR count). The molecule has 1 unspecified atom stereocenters. The monoisotopic (exact) mass is 250 g/mol. The number of amides is 1. The highest BCUT2D eigenvalue weighted by molar-refractivity contribution is 5.85. The molecule has 0 aliphatic carbocycles. The largest absolute Gasteiger partial charge is 0.383 e. The number of halogens is 1. The van der Waals surface area contributed by atoms with Crippen LogP contribution in [0.1, 0.15) is 19.8 Å². The van der Waals surface area contributed by atoms with Gasteiger partial charge in [0.15, 0.2) is 0 Å². The highest BCUT2D eigenvalue weighted by Gasteiger charge is 2.24. The van der Waals surface area contributed by atoms with Gasteiger partial charge in [-0.05, 0) is 12.3 Å². The summed E-state index contributed by atoms with van der Waals surface area (Å²) in [6, 6.07) is 0. The lowest BCUT2D eigenvalue weighted by molar-refractivity contribution is -0.129. The summed E-state index contributed by atoms with van der Waals surface area (Å²) in [6.07, 6.45) is 2.35. The topological polar surface area (TPSA) is 41.6 Å². The van der Waals surface area contributed by atoms with Crippen LogP contribution >= 0.6 is 12.4 Å². The molecule has 0 saturated carbocycles. The Balaban J connectivity index is 0.00000225. The number of carbonyl (C=O) groups excluding carboxylic acids is 1. The van der Waals surface area contributed by atoms with E-state index in [0.29, 0.717) is 19.1 Å². The Kier molecular flexibility index (Phi) is 8.61. The molecule has 0 radical (unpaired) electrons. The summed E-state index contributed by atoms with van der Waals surface area (Å²) in [5.74, 6) is 0.940. The number of ether oxygens (including phenoxy) is 1. The Morgan fingerprint density at radius 3 is 2.88 bits per heavy atom. The molecule has 1 fully saturated rings. The summed E-state index contributed by atoms with van der Waals surface area (Å²) in [4.78, 5) is 13.7. The lowest BCUT2D eigenvalue weighted by Crippen LogP contribution is -2.37. The van der Waals surface area contributed by atoms with Gasteiger partial charge in [0.1, 0.15) is 0 Å². The quantitative estimate of drug-likeness (QED) is 0.713. The zero-order valence-electron chi connectivity index (χ0n) is 10.2. The van der Waals surface area contributed by atoms with Crippen LogP contribution in [-0.4, -0.2) is 50.7 Å². The van der Waals surface area contributed by atoms with Crippen LogP contribution in [0.15, 0.2) is 0 Å². The van der Waals surface area contributed by atoms with E-state index in [2.05, 4.69) is 12.2 Å². The molecular weight excluding hydrogens is 228 g/mol. The molecule has 5 heteroatoms. The molecule has 0 bridgehead atoms. The number of likely N-dealkylation sites (tertiary alicyclic amines) is 1. The molecule has 1 atom stereocenters. The summed E-state index contributed by atoms with van der Waals surface area (Å²) in [5.41, 5.74) is 0. The van der Waals surface area contributed by atoms with Gasteiger partial charge in [-0.3, -0.25) is 4.79 Å². The van der Waals surface area contributed by atoms with Crippen LogP contribution in [0.5, 0.6) is 0 Å².